The van der Waals surface area contributed by atoms with Gasteiger partial charge in [-0.15, -0.1) is 0 Å². The highest BCUT2D eigenvalue weighted by molar-refractivity contribution is 5.29. The highest BCUT2D eigenvalue weighted by Gasteiger charge is 2.17. The third kappa shape index (κ3) is 3.70. The van der Waals surface area contributed by atoms with Crippen LogP contribution in [0.25, 0.3) is 0 Å². The van der Waals surface area contributed by atoms with Gasteiger partial charge >= 0.3 is 0 Å². The van der Waals surface area contributed by atoms with Crippen molar-refractivity contribution in [2.24, 2.45) is 7.05 Å². The van der Waals surface area contributed by atoms with Crippen molar-refractivity contribution in [2.45, 2.75) is 39.7 Å². The molecule has 114 valence electrons. The average molecular weight is 289 g/mol. The zero-order chi connectivity index (χ0) is 15.4. The van der Waals surface area contributed by atoms with Crippen LogP contribution in [0, 0.1) is 12.7 Å². The summed E-state index contributed by atoms with van der Waals surface area (Å²) in [4.78, 5) is 0. The van der Waals surface area contributed by atoms with Crippen LogP contribution in [-0.2, 0) is 19.9 Å². The summed E-state index contributed by atoms with van der Waals surface area (Å²) in [6.07, 6.45) is 1.69. The molecule has 0 fully saturated rings. The molecule has 0 aliphatic carbocycles. The normalized spacial score (nSPS) is 12.6. The standard InChI is InChI=1S/C17H24FN3/c1-5-15-11-17(21(4)20-15)16(19-6-2)10-13-9-14(18)8-7-12(13)3/h7-9,11,16,19H,5-6,10H2,1-4H3. The van der Waals surface area contributed by atoms with E-state index >= 15 is 0 Å². The molecule has 0 spiro atoms. The lowest BCUT2D eigenvalue weighted by atomic mass is 9.98. The molecule has 0 aliphatic rings. The fourth-order valence-electron chi connectivity index (χ4n) is 2.65. The van der Waals surface area contributed by atoms with Gasteiger partial charge in [-0.2, -0.15) is 5.10 Å². The predicted molar refractivity (Wildman–Crippen MR) is 83.8 cm³/mol. The summed E-state index contributed by atoms with van der Waals surface area (Å²) in [6.45, 7) is 7.08. The molecule has 1 heterocycles. The Hall–Kier alpha value is -1.68. The minimum Gasteiger partial charge on any atom is -0.309 e. The Morgan fingerprint density at radius 2 is 2.05 bits per heavy atom. The van der Waals surface area contributed by atoms with E-state index in [-0.39, 0.29) is 11.9 Å². The summed E-state index contributed by atoms with van der Waals surface area (Å²) in [5.41, 5.74) is 4.40. The van der Waals surface area contributed by atoms with E-state index in [9.17, 15) is 4.39 Å². The number of hydrogen-bond donors (Lipinski definition) is 1. The molecule has 0 saturated carbocycles. The maximum absolute atomic E-state index is 13.5. The minimum absolute atomic E-state index is 0.147. The van der Waals surface area contributed by atoms with Crippen molar-refractivity contribution in [2.75, 3.05) is 6.54 Å². The van der Waals surface area contributed by atoms with Crippen molar-refractivity contribution in [3.8, 4) is 0 Å². The zero-order valence-electron chi connectivity index (χ0n) is 13.3. The van der Waals surface area contributed by atoms with Crippen LogP contribution in [0.4, 0.5) is 4.39 Å². The second-order valence-electron chi connectivity index (χ2n) is 5.42. The van der Waals surface area contributed by atoms with Gasteiger partial charge in [0.25, 0.3) is 0 Å². The first-order valence-electron chi connectivity index (χ1n) is 7.56. The Morgan fingerprint density at radius 3 is 2.67 bits per heavy atom. The first-order chi connectivity index (χ1) is 10.0. The summed E-state index contributed by atoms with van der Waals surface area (Å²) in [5.74, 6) is -0.176. The van der Waals surface area contributed by atoms with E-state index in [1.165, 1.54) is 6.07 Å². The van der Waals surface area contributed by atoms with Gasteiger partial charge in [0.1, 0.15) is 5.82 Å². The summed E-state index contributed by atoms with van der Waals surface area (Å²) < 4.78 is 15.4. The van der Waals surface area contributed by atoms with Crippen molar-refractivity contribution in [3.05, 3.63) is 52.6 Å². The lowest BCUT2D eigenvalue weighted by Gasteiger charge is -2.19. The molecule has 2 rings (SSSR count). The number of halogens is 1. The molecule has 4 heteroatoms. The first kappa shape index (κ1) is 15.7. The maximum atomic E-state index is 13.5. The van der Waals surface area contributed by atoms with Gasteiger partial charge in [0.2, 0.25) is 0 Å². The summed E-state index contributed by atoms with van der Waals surface area (Å²) >= 11 is 0. The predicted octanol–water partition coefficient (Wildman–Crippen LogP) is 3.32. The van der Waals surface area contributed by atoms with Gasteiger partial charge in [-0.1, -0.05) is 19.9 Å². The van der Waals surface area contributed by atoms with Gasteiger partial charge in [0.05, 0.1) is 17.4 Å². The van der Waals surface area contributed by atoms with Crippen LogP contribution in [0.1, 0.15) is 42.4 Å². The topological polar surface area (TPSA) is 29.9 Å². The maximum Gasteiger partial charge on any atom is 0.123 e. The number of hydrogen-bond acceptors (Lipinski definition) is 2. The Balaban J connectivity index is 2.30. The number of benzene rings is 1. The molecule has 1 N–H and O–H groups in total. The van der Waals surface area contributed by atoms with E-state index in [0.717, 1.165) is 41.9 Å². The molecule has 1 aromatic carbocycles. The summed E-state index contributed by atoms with van der Waals surface area (Å²) in [5, 5.41) is 8.01. The number of rotatable bonds is 6. The van der Waals surface area contributed by atoms with Crippen molar-refractivity contribution >= 4 is 0 Å². The van der Waals surface area contributed by atoms with Crippen LogP contribution < -0.4 is 5.32 Å². The van der Waals surface area contributed by atoms with Crippen molar-refractivity contribution in [1.82, 2.24) is 15.1 Å². The van der Waals surface area contributed by atoms with Crippen molar-refractivity contribution in [1.29, 1.82) is 0 Å². The van der Waals surface area contributed by atoms with Crippen LogP contribution in [0.5, 0.6) is 0 Å². The highest BCUT2D eigenvalue weighted by atomic mass is 19.1. The molecule has 0 saturated heterocycles. The lowest BCUT2D eigenvalue weighted by molar-refractivity contribution is 0.505. The zero-order valence-corrected chi connectivity index (χ0v) is 13.3. The largest absolute Gasteiger partial charge is 0.309 e. The van der Waals surface area contributed by atoms with E-state index in [4.69, 9.17) is 0 Å². The van der Waals surface area contributed by atoms with E-state index < -0.39 is 0 Å². The lowest BCUT2D eigenvalue weighted by Crippen LogP contribution is -2.25. The van der Waals surface area contributed by atoms with Crippen LogP contribution in [0.15, 0.2) is 24.3 Å². The third-order valence-corrected chi connectivity index (χ3v) is 3.87. The number of nitrogens with one attached hydrogen (secondary N) is 1. The number of likely N-dealkylation sites (N-methyl/N-ethyl adjacent to an activating group) is 1. The van der Waals surface area contributed by atoms with E-state index in [0.29, 0.717) is 0 Å². The second kappa shape index (κ2) is 6.85. The van der Waals surface area contributed by atoms with Crippen LogP contribution in [-0.4, -0.2) is 16.3 Å². The number of nitrogens with zero attached hydrogens (tertiary/aromatic N) is 2. The molecule has 2 aromatic rings. The molecule has 21 heavy (non-hydrogen) atoms. The fraction of sp³-hybridized carbons (Fsp3) is 0.471. The van der Waals surface area contributed by atoms with Gasteiger partial charge in [0.15, 0.2) is 0 Å². The Kier molecular flexibility index (Phi) is 5.12. The minimum atomic E-state index is -0.176. The molecule has 1 aromatic heterocycles. The molecule has 0 aliphatic heterocycles. The smallest absolute Gasteiger partial charge is 0.123 e. The van der Waals surface area contributed by atoms with Gasteiger partial charge < -0.3 is 5.32 Å². The van der Waals surface area contributed by atoms with Crippen molar-refractivity contribution < 1.29 is 4.39 Å². The molecular formula is C17H24FN3. The van der Waals surface area contributed by atoms with E-state index in [1.807, 2.05) is 24.7 Å². The van der Waals surface area contributed by atoms with Crippen LogP contribution in [0.3, 0.4) is 0 Å². The number of aryl methyl sites for hydroxylation is 3. The molecular weight excluding hydrogens is 265 g/mol. The Morgan fingerprint density at radius 1 is 1.29 bits per heavy atom. The Bertz CT molecular complexity index is 604. The Labute approximate surface area is 126 Å². The summed E-state index contributed by atoms with van der Waals surface area (Å²) in [7, 11) is 1.97. The van der Waals surface area contributed by atoms with Crippen LogP contribution >= 0.6 is 0 Å². The van der Waals surface area contributed by atoms with Crippen LogP contribution in [0.2, 0.25) is 0 Å². The number of aromatic nitrogens is 2. The fourth-order valence-corrected chi connectivity index (χ4v) is 2.65. The average Bonchev–Trinajstić information content (AvgIpc) is 2.83. The molecule has 1 unspecified atom stereocenters. The molecule has 1 atom stereocenters. The highest BCUT2D eigenvalue weighted by Crippen LogP contribution is 2.22. The van der Waals surface area contributed by atoms with Gasteiger partial charge in [0, 0.05) is 7.05 Å². The van der Waals surface area contributed by atoms with Crippen molar-refractivity contribution in [3.63, 3.8) is 0 Å². The quantitative estimate of drug-likeness (QED) is 0.884. The third-order valence-electron chi connectivity index (χ3n) is 3.87. The van der Waals surface area contributed by atoms with E-state index in [1.54, 1.807) is 6.07 Å². The van der Waals surface area contributed by atoms with Gasteiger partial charge in [-0.05, 0) is 55.6 Å². The molecule has 3 nitrogen and oxygen atoms in total. The van der Waals surface area contributed by atoms with E-state index in [2.05, 4.69) is 30.3 Å². The van der Waals surface area contributed by atoms with Gasteiger partial charge in [-0.3, -0.25) is 4.68 Å². The SMILES string of the molecule is CCNC(Cc1cc(F)ccc1C)c1cc(CC)nn1C. The molecule has 0 amide bonds. The monoisotopic (exact) mass is 289 g/mol. The summed E-state index contributed by atoms with van der Waals surface area (Å²) in [6, 6.07) is 7.28. The first-order valence-corrected chi connectivity index (χ1v) is 7.56. The molecule has 0 radical (unpaired) electrons. The van der Waals surface area contributed by atoms with Gasteiger partial charge in [-0.25, -0.2) is 4.39 Å². The molecule has 0 bridgehead atoms. The second-order valence-corrected chi connectivity index (χ2v) is 5.42.